The molecule has 1 aliphatic carbocycles. The molecule has 2 heterocycles. The third-order valence-electron chi connectivity index (χ3n) is 5.21. The number of nitrogens with two attached hydrogens (primary N) is 1. The lowest BCUT2D eigenvalue weighted by Crippen LogP contribution is -2.27. The molecule has 8 heteroatoms. The minimum Gasteiger partial charge on any atom is -0.382 e. The Morgan fingerprint density at radius 3 is 2.71 bits per heavy atom. The summed E-state index contributed by atoms with van der Waals surface area (Å²) in [5.74, 6) is 3.51. The molecule has 1 aliphatic rings. The van der Waals surface area contributed by atoms with Crippen LogP contribution >= 0.6 is 0 Å². The van der Waals surface area contributed by atoms with E-state index >= 15 is 0 Å². The molecule has 1 atom stereocenters. The Bertz CT molecular complexity index is 1280. The number of nitrogens with zero attached hydrogens (tertiary/aromatic N) is 3. The second-order valence-electron chi connectivity index (χ2n) is 9.03. The van der Waals surface area contributed by atoms with Crippen molar-refractivity contribution in [3.05, 3.63) is 58.0 Å². The van der Waals surface area contributed by atoms with Gasteiger partial charge < -0.3 is 15.6 Å². The first-order chi connectivity index (χ1) is 14.7. The topological polar surface area (TPSA) is 85.8 Å². The van der Waals surface area contributed by atoms with Crippen molar-refractivity contribution < 1.29 is 4.39 Å². The Labute approximate surface area is 181 Å². The highest BCUT2D eigenvalue weighted by Gasteiger charge is 2.30. The molecular formula is C23H26FN5OSi. The lowest BCUT2D eigenvalue weighted by Gasteiger charge is -2.22. The van der Waals surface area contributed by atoms with E-state index in [-0.39, 0.29) is 23.0 Å². The van der Waals surface area contributed by atoms with Gasteiger partial charge in [0, 0.05) is 11.7 Å². The van der Waals surface area contributed by atoms with E-state index in [1.165, 1.54) is 12.4 Å². The van der Waals surface area contributed by atoms with Crippen molar-refractivity contribution in [2.75, 3.05) is 11.1 Å². The molecule has 0 radical (unpaired) electrons. The van der Waals surface area contributed by atoms with Gasteiger partial charge in [0.25, 0.3) is 5.56 Å². The zero-order chi connectivity index (χ0) is 22.3. The van der Waals surface area contributed by atoms with Gasteiger partial charge in [0.05, 0.1) is 11.4 Å². The number of pyridine rings is 1. The van der Waals surface area contributed by atoms with Crippen molar-refractivity contribution in [1.29, 1.82) is 0 Å². The van der Waals surface area contributed by atoms with Gasteiger partial charge in [-0.3, -0.25) is 4.79 Å². The van der Waals surface area contributed by atoms with Crippen molar-refractivity contribution in [2.24, 2.45) is 0 Å². The molecule has 0 unspecified atom stereocenters. The van der Waals surface area contributed by atoms with Crippen LogP contribution in [0.3, 0.4) is 0 Å². The number of hydrogen-bond acceptors (Lipinski definition) is 5. The number of benzene rings is 1. The van der Waals surface area contributed by atoms with E-state index in [4.69, 9.17) is 5.73 Å². The predicted molar refractivity (Wildman–Crippen MR) is 125 cm³/mol. The number of rotatable bonds is 4. The number of aromatic nitrogens is 3. The summed E-state index contributed by atoms with van der Waals surface area (Å²) < 4.78 is 16.1. The number of hydrogen-bond donors (Lipinski definition) is 2. The molecule has 1 aromatic carbocycles. The number of nitrogen functional groups attached to an aromatic ring is 1. The number of halogens is 1. The molecule has 31 heavy (non-hydrogen) atoms. The minimum atomic E-state index is -1.63. The highest BCUT2D eigenvalue weighted by molar-refractivity contribution is 6.83. The summed E-state index contributed by atoms with van der Waals surface area (Å²) in [5, 5.41) is 4.09. The van der Waals surface area contributed by atoms with Gasteiger partial charge in [-0.05, 0) is 37.3 Å². The maximum absolute atomic E-state index is 14.4. The molecule has 0 spiro atoms. The molecule has 3 N–H and O–H groups in total. The van der Waals surface area contributed by atoms with E-state index in [9.17, 15) is 9.18 Å². The molecule has 0 bridgehead atoms. The summed E-state index contributed by atoms with van der Waals surface area (Å²) in [5.41, 5.74) is 10.5. The van der Waals surface area contributed by atoms with Crippen LogP contribution in [0.2, 0.25) is 19.6 Å². The minimum absolute atomic E-state index is 0.0948. The lowest BCUT2D eigenvalue weighted by molar-refractivity contribution is 0.617. The Kier molecular flexibility index (Phi) is 5.31. The summed E-state index contributed by atoms with van der Waals surface area (Å²) in [6.45, 7) is 8.40. The van der Waals surface area contributed by atoms with E-state index < -0.39 is 13.9 Å². The first-order valence-corrected chi connectivity index (χ1v) is 13.9. The number of nitrogens with one attached hydrogen (secondary N) is 1. The fourth-order valence-corrected chi connectivity index (χ4v) is 4.06. The van der Waals surface area contributed by atoms with Gasteiger partial charge in [0.15, 0.2) is 0 Å². The molecule has 0 aliphatic heterocycles. The fourth-order valence-electron chi connectivity index (χ4n) is 3.56. The standard InChI is InChI=1S/C23H26FN5OSi/c1-14(28-22-17(10-11-31(2,3)4)21(25)26-13-27-22)19-12-15-6-5-7-18(24)20(15)23(30)29(19)16-8-9-16/h5-7,12-14,16H,8-9H2,1-4H3,(H3,25,26,27,28)/t14-/m0/s1. The van der Waals surface area contributed by atoms with Crippen LogP contribution in [0.15, 0.2) is 35.4 Å². The molecule has 3 aromatic rings. The molecule has 0 saturated heterocycles. The van der Waals surface area contributed by atoms with Gasteiger partial charge in [0.1, 0.15) is 37.4 Å². The molecule has 6 nitrogen and oxygen atoms in total. The summed E-state index contributed by atoms with van der Waals surface area (Å²) in [7, 11) is -1.63. The van der Waals surface area contributed by atoms with Crippen molar-refractivity contribution in [2.45, 2.75) is 51.5 Å². The van der Waals surface area contributed by atoms with Gasteiger partial charge in [-0.15, -0.1) is 5.54 Å². The molecule has 1 fully saturated rings. The monoisotopic (exact) mass is 435 g/mol. The SMILES string of the molecule is C[C@H](Nc1ncnc(N)c1C#C[Si](C)(C)C)c1cc2cccc(F)c2c(=O)n1C1CC1. The quantitative estimate of drug-likeness (QED) is 0.473. The maximum Gasteiger partial charge on any atom is 0.261 e. The predicted octanol–water partition coefficient (Wildman–Crippen LogP) is 4.25. The van der Waals surface area contributed by atoms with E-state index in [2.05, 4.69) is 46.4 Å². The van der Waals surface area contributed by atoms with Gasteiger partial charge in [-0.1, -0.05) is 37.7 Å². The van der Waals surface area contributed by atoms with Crippen LogP contribution in [0, 0.1) is 17.3 Å². The number of fused-ring (bicyclic) bond motifs is 1. The normalized spacial score (nSPS) is 14.7. The van der Waals surface area contributed by atoms with Gasteiger partial charge >= 0.3 is 0 Å². The van der Waals surface area contributed by atoms with Gasteiger partial charge in [0.2, 0.25) is 0 Å². The number of anilines is 2. The van der Waals surface area contributed by atoms with E-state index in [1.807, 2.05) is 13.0 Å². The molecule has 4 rings (SSSR count). The smallest absolute Gasteiger partial charge is 0.261 e. The average molecular weight is 436 g/mol. The van der Waals surface area contributed by atoms with Crippen LogP contribution in [0.1, 0.15) is 43.1 Å². The zero-order valence-electron chi connectivity index (χ0n) is 18.2. The highest BCUT2D eigenvalue weighted by Crippen LogP contribution is 2.37. The Morgan fingerprint density at radius 1 is 1.29 bits per heavy atom. The second kappa shape index (κ2) is 7.82. The Morgan fingerprint density at radius 2 is 2.03 bits per heavy atom. The fraction of sp³-hybridized carbons (Fsp3) is 0.348. The van der Waals surface area contributed by atoms with Gasteiger partial charge in [-0.25, -0.2) is 14.4 Å². The van der Waals surface area contributed by atoms with E-state index in [1.54, 1.807) is 16.7 Å². The van der Waals surface area contributed by atoms with Crippen molar-refractivity contribution in [1.82, 2.24) is 14.5 Å². The van der Waals surface area contributed by atoms with Crippen molar-refractivity contribution in [3.8, 4) is 11.5 Å². The van der Waals surface area contributed by atoms with Crippen LogP contribution in [0.5, 0.6) is 0 Å². The van der Waals surface area contributed by atoms with Crippen LogP contribution < -0.4 is 16.6 Å². The zero-order valence-corrected chi connectivity index (χ0v) is 19.2. The first kappa shape index (κ1) is 21.1. The largest absolute Gasteiger partial charge is 0.382 e. The lowest BCUT2D eigenvalue weighted by atomic mass is 10.1. The molecular weight excluding hydrogens is 409 g/mol. The summed E-state index contributed by atoms with van der Waals surface area (Å²) in [4.78, 5) is 21.6. The van der Waals surface area contributed by atoms with Gasteiger partial charge in [-0.2, -0.15) is 0 Å². The Balaban J connectivity index is 1.79. The highest BCUT2D eigenvalue weighted by atomic mass is 28.3. The third kappa shape index (κ3) is 4.32. The molecule has 2 aromatic heterocycles. The third-order valence-corrected chi connectivity index (χ3v) is 6.08. The van der Waals surface area contributed by atoms with Crippen LogP contribution in [0.4, 0.5) is 16.0 Å². The molecule has 1 saturated carbocycles. The van der Waals surface area contributed by atoms with Crippen molar-refractivity contribution >= 4 is 30.5 Å². The van der Waals surface area contributed by atoms with E-state index in [0.717, 1.165) is 18.5 Å². The second-order valence-corrected chi connectivity index (χ2v) is 13.8. The summed E-state index contributed by atoms with van der Waals surface area (Å²) in [6.07, 6.45) is 3.22. The summed E-state index contributed by atoms with van der Waals surface area (Å²) in [6, 6.07) is 6.42. The maximum atomic E-state index is 14.4. The van der Waals surface area contributed by atoms with Crippen molar-refractivity contribution in [3.63, 3.8) is 0 Å². The van der Waals surface area contributed by atoms with Crippen LogP contribution in [-0.4, -0.2) is 22.6 Å². The molecule has 160 valence electrons. The van der Waals surface area contributed by atoms with Crippen LogP contribution in [0.25, 0.3) is 10.8 Å². The Hall–Kier alpha value is -3.18. The summed E-state index contributed by atoms with van der Waals surface area (Å²) >= 11 is 0. The first-order valence-electron chi connectivity index (χ1n) is 10.4. The van der Waals surface area contributed by atoms with Crippen LogP contribution in [-0.2, 0) is 0 Å². The molecule has 0 amide bonds. The average Bonchev–Trinajstić information content (AvgIpc) is 3.51. The van der Waals surface area contributed by atoms with E-state index in [0.29, 0.717) is 22.6 Å².